The van der Waals surface area contributed by atoms with E-state index in [0.29, 0.717) is 5.82 Å². The molecule has 86 valence electrons. The van der Waals surface area contributed by atoms with E-state index < -0.39 is 16.4 Å². The summed E-state index contributed by atoms with van der Waals surface area (Å²) >= 11 is 0. The Balaban J connectivity index is 2.37. The van der Waals surface area contributed by atoms with Crippen molar-refractivity contribution in [3.05, 3.63) is 22.1 Å². The lowest BCUT2D eigenvalue weighted by molar-refractivity contribution is -0.392. The van der Waals surface area contributed by atoms with Gasteiger partial charge in [-0.25, -0.2) is 9.55 Å². The van der Waals surface area contributed by atoms with E-state index in [1.54, 1.807) is 0 Å². The molecule has 0 saturated carbocycles. The predicted molar refractivity (Wildman–Crippen MR) is 51.8 cm³/mol. The lowest BCUT2D eigenvalue weighted by Gasteiger charge is -2.26. The summed E-state index contributed by atoms with van der Waals surface area (Å²) in [5.41, 5.74) is 4.31. The highest BCUT2D eigenvalue weighted by Crippen LogP contribution is 2.26. The van der Waals surface area contributed by atoms with Gasteiger partial charge in [-0.05, 0) is 4.92 Å². The molecule has 0 amide bonds. The molecule has 8 nitrogen and oxygen atoms in total. The van der Waals surface area contributed by atoms with Gasteiger partial charge < -0.3 is 21.0 Å². The van der Waals surface area contributed by atoms with Crippen molar-refractivity contribution < 1.29 is 14.8 Å². The van der Waals surface area contributed by atoms with Gasteiger partial charge in [-0.1, -0.05) is 0 Å². The van der Waals surface area contributed by atoms with Crippen molar-refractivity contribution in [3.63, 3.8) is 0 Å². The minimum Gasteiger partial charge on any atom is -0.480 e. The molecule has 1 unspecified atom stereocenters. The quantitative estimate of drug-likeness (QED) is 0.518. The summed E-state index contributed by atoms with van der Waals surface area (Å²) in [7, 11) is 0. The fraction of sp³-hybridized carbons (Fsp3) is 0.500. The van der Waals surface area contributed by atoms with E-state index in [2.05, 4.69) is 4.98 Å². The summed E-state index contributed by atoms with van der Waals surface area (Å²) in [4.78, 5) is 24.8. The van der Waals surface area contributed by atoms with Gasteiger partial charge in [0.05, 0.1) is 13.0 Å². The second kappa shape index (κ2) is 3.27. The number of hydrogen-bond acceptors (Lipinski definition) is 5. The first-order valence-corrected chi connectivity index (χ1v) is 4.65. The van der Waals surface area contributed by atoms with Crippen LogP contribution in [0.25, 0.3) is 0 Å². The summed E-state index contributed by atoms with van der Waals surface area (Å²) in [6, 6.07) is 0. The number of fused-ring (bicyclic) bond motifs is 1. The van der Waals surface area contributed by atoms with E-state index >= 15 is 0 Å². The van der Waals surface area contributed by atoms with Crippen LogP contribution in [0.15, 0.2) is 6.20 Å². The zero-order valence-corrected chi connectivity index (χ0v) is 8.29. The average Bonchev–Trinajstić information content (AvgIpc) is 2.59. The van der Waals surface area contributed by atoms with Gasteiger partial charge in [0.1, 0.15) is 11.7 Å². The molecule has 0 aliphatic carbocycles. The van der Waals surface area contributed by atoms with Gasteiger partial charge in [-0.15, -0.1) is 0 Å². The molecule has 0 radical (unpaired) electrons. The molecule has 0 saturated heterocycles. The smallest absolute Gasteiger partial charge is 0.342 e. The van der Waals surface area contributed by atoms with E-state index in [9.17, 15) is 14.9 Å². The van der Waals surface area contributed by atoms with Crippen LogP contribution < -0.4 is 5.73 Å². The molecule has 0 fully saturated rings. The van der Waals surface area contributed by atoms with E-state index in [4.69, 9.17) is 10.8 Å². The SMILES string of the molecule is NC1(C(=O)O)CCn2c([N+](=O)[O-])cnc2C1. The predicted octanol–water partition coefficient (Wildman–Crippen LogP) is -0.480. The summed E-state index contributed by atoms with van der Waals surface area (Å²) in [6.07, 6.45) is 1.30. The van der Waals surface area contributed by atoms with Crippen LogP contribution >= 0.6 is 0 Å². The Kier molecular flexibility index (Phi) is 2.16. The number of nitrogens with two attached hydrogens (primary N) is 1. The molecule has 1 atom stereocenters. The fourth-order valence-corrected chi connectivity index (χ4v) is 1.80. The van der Waals surface area contributed by atoms with E-state index in [1.165, 1.54) is 4.57 Å². The molecule has 8 heteroatoms. The number of imidazole rings is 1. The molecule has 0 spiro atoms. The number of carbonyl (C=O) groups is 1. The summed E-state index contributed by atoms with van der Waals surface area (Å²) in [5.74, 6) is -0.880. The van der Waals surface area contributed by atoms with E-state index in [0.717, 1.165) is 6.20 Å². The lowest BCUT2D eigenvalue weighted by atomic mass is 9.89. The van der Waals surface area contributed by atoms with Gasteiger partial charge >= 0.3 is 11.8 Å². The lowest BCUT2D eigenvalue weighted by Crippen LogP contribution is -2.53. The summed E-state index contributed by atoms with van der Waals surface area (Å²) in [5, 5.41) is 19.6. The monoisotopic (exact) mass is 226 g/mol. The number of aliphatic carboxylic acids is 1. The molecule has 1 aromatic rings. The maximum Gasteiger partial charge on any atom is 0.342 e. The van der Waals surface area contributed by atoms with Crippen LogP contribution in [0.2, 0.25) is 0 Å². The molecule has 1 aromatic heterocycles. The number of nitrogens with zero attached hydrogens (tertiary/aromatic N) is 3. The number of rotatable bonds is 2. The topological polar surface area (TPSA) is 124 Å². The van der Waals surface area contributed by atoms with Crippen molar-refractivity contribution in [1.29, 1.82) is 0 Å². The highest BCUT2D eigenvalue weighted by molar-refractivity contribution is 5.79. The van der Waals surface area contributed by atoms with Gasteiger partial charge in [0, 0.05) is 6.42 Å². The minimum absolute atomic E-state index is 0.0101. The van der Waals surface area contributed by atoms with Crippen molar-refractivity contribution in [2.75, 3.05) is 0 Å². The van der Waals surface area contributed by atoms with Crippen LogP contribution in [0.4, 0.5) is 5.82 Å². The molecule has 1 aliphatic rings. The Morgan fingerprint density at radius 1 is 1.75 bits per heavy atom. The van der Waals surface area contributed by atoms with Gasteiger partial charge in [0.2, 0.25) is 0 Å². The van der Waals surface area contributed by atoms with Crippen molar-refractivity contribution >= 4 is 11.8 Å². The highest BCUT2D eigenvalue weighted by atomic mass is 16.6. The van der Waals surface area contributed by atoms with Crippen molar-refractivity contribution in [1.82, 2.24) is 9.55 Å². The first-order valence-electron chi connectivity index (χ1n) is 4.65. The van der Waals surface area contributed by atoms with Gasteiger partial charge in [-0.3, -0.25) is 4.79 Å². The zero-order chi connectivity index (χ0) is 11.9. The Morgan fingerprint density at radius 2 is 2.44 bits per heavy atom. The van der Waals surface area contributed by atoms with Crippen molar-refractivity contribution in [3.8, 4) is 0 Å². The Labute approximate surface area is 89.8 Å². The Morgan fingerprint density at radius 3 is 3.00 bits per heavy atom. The molecular weight excluding hydrogens is 216 g/mol. The first kappa shape index (κ1) is 10.6. The third kappa shape index (κ3) is 1.43. The molecule has 3 N–H and O–H groups in total. The zero-order valence-electron chi connectivity index (χ0n) is 8.29. The second-order valence-electron chi connectivity index (χ2n) is 3.83. The number of carboxylic acid groups (broad SMARTS) is 1. The first-order chi connectivity index (χ1) is 7.44. The van der Waals surface area contributed by atoms with E-state index in [1.807, 2.05) is 0 Å². The summed E-state index contributed by atoms with van der Waals surface area (Å²) < 4.78 is 1.40. The molecule has 0 bridgehead atoms. The highest BCUT2D eigenvalue weighted by Gasteiger charge is 2.42. The second-order valence-corrected chi connectivity index (χ2v) is 3.83. The average molecular weight is 226 g/mol. The van der Waals surface area contributed by atoms with Gasteiger partial charge in [0.25, 0.3) is 0 Å². The Hall–Kier alpha value is -1.96. The van der Waals surface area contributed by atoms with Crippen LogP contribution in [0.3, 0.4) is 0 Å². The van der Waals surface area contributed by atoms with Crippen LogP contribution in [0.5, 0.6) is 0 Å². The van der Waals surface area contributed by atoms with Crippen LogP contribution in [0.1, 0.15) is 12.2 Å². The molecule has 2 heterocycles. The molecule has 1 aliphatic heterocycles. The Bertz CT molecular complexity index is 469. The molecule has 16 heavy (non-hydrogen) atoms. The minimum atomic E-state index is -1.37. The van der Waals surface area contributed by atoms with Crippen molar-refractivity contribution in [2.45, 2.75) is 24.9 Å². The normalized spacial score (nSPS) is 23.8. The molecule has 2 rings (SSSR count). The van der Waals surface area contributed by atoms with E-state index in [-0.39, 0.29) is 25.2 Å². The molecular formula is C8H10N4O4. The third-order valence-corrected chi connectivity index (χ3v) is 2.79. The maximum absolute atomic E-state index is 10.9. The largest absolute Gasteiger partial charge is 0.480 e. The van der Waals surface area contributed by atoms with Crippen molar-refractivity contribution in [2.24, 2.45) is 5.73 Å². The van der Waals surface area contributed by atoms with Gasteiger partial charge in [0.15, 0.2) is 5.82 Å². The van der Waals surface area contributed by atoms with Crippen LogP contribution in [-0.2, 0) is 17.8 Å². The third-order valence-electron chi connectivity index (χ3n) is 2.79. The number of aromatic nitrogens is 2. The standard InChI is InChI=1S/C8H10N4O4/c9-8(7(13)14)1-2-11-5(3-8)10-4-6(11)12(15)16/h4H,1-3,9H2,(H,13,14). The van der Waals surface area contributed by atoms with Gasteiger partial charge in [-0.2, -0.15) is 0 Å². The fourth-order valence-electron chi connectivity index (χ4n) is 1.80. The molecule has 0 aromatic carbocycles. The maximum atomic E-state index is 10.9. The number of hydrogen-bond donors (Lipinski definition) is 2. The summed E-state index contributed by atoms with van der Waals surface area (Å²) in [6.45, 7) is 0.203. The van der Waals surface area contributed by atoms with Crippen LogP contribution in [-0.4, -0.2) is 31.1 Å². The number of carboxylic acids is 1. The van der Waals surface area contributed by atoms with Crippen LogP contribution in [0, 0.1) is 10.1 Å². The number of nitro groups is 1.